The van der Waals surface area contributed by atoms with E-state index in [1.807, 2.05) is 0 Å². The van der Waals surface area contributed by atoms with Crippen molar-refractivity contribution in [2.75, 3.05) is 0 Å². The van der Waals surface area contributed by atoms with Gasteiger partial charge in [0, 0.05) is 0 Å². The molecule has 0 radical (unpaired) electrons. The summed E-state index contributed by atoms with van der Waals surface area (Å²) in [5.74, 6) is 1.74. The van der Waals surface area contributed by atoms with Gasteiger partial charge in [0.15, 0.2) is 0 Å². The van der Waals surface area contributed by atoms with Gasteiger partial charge in [0.05, 0.1) is 0 Å². The molecule has 0 nitrogen and oxygen atoms in total. The van der Waals surface area contributed by atoms with E-state index < -0.39 is 0 Å². The highest BCUT2D eigenvalue weighted by Crippen LogP contribution is 2.39. The van der Waals surface area contributed by atoms with Crippen molar-refractivity contribution in [3.8, 4) is 0 Å². The van der Waals surface area contributed by atoms with Crippen LogP contribution in [0.15, 0.2) is 66.7 Å². The maximum absolute atomic E-state index is 2.38. The maximum atomic E-state index is 2.38. The quantitative estimate of drug-likeness (QED) is 0.443. The normalized spacial score (nSPS) is 14.0. The fourth-order valence-electron chi connectivity index (χ4n) is 3.92. The van der Waals surface area contributed by atoms with Crippen LogP contribution in [0, 0.1) is 5.92 Å². The third-order valence-corrected chi connectivity index (χ3v) is 5.62. The summed E-state index contributed by atoms with van der Waals surface area (Å²) in [6.07, 6.45) is 2.29. The predicted molar refractivity (Wildman–Crippen MR) is 110 cm³/mol. The van der Waals surface area contributed by atoms with E-state index >= 15 is 0 Å². The average molecular weight is 331 g/mol. The second-order valence-corrected chi connectivity index (χ2v) is 7.64. The molecule has 3 aromatic rings. The standard InChI is InChI=1S/C25H30/c1-5-19(4)22-16-15-21-13-9-10-14-23(21)25(22)24(18(2)3)17-20-11-7-6-8-12-20/h6-16,18-19,24H,5,17H2,1-4H3. The van der Waals surface area contributed by atoms with Crippen LogP contribution in [0.5, 0.6) is 0 Å². The molecule has 0 aliphatic carbocycles. The van der Waals surface area contributed by atoms with Gasteiger partial charge in [-0.15, -0.1) is 0 Å². The smallest absolute Gasteiger partial charge is 0.00894 e. The first-order chi connectivity index (χ1) is 12.1. The molecule has 2 atom stereocenters. The van der Waals surface area contributed by atoms with Crippen molar-refractivity contribution in [3.05, 3.63) is 83.4 Å². The third-order valence-electron chi connectivity index (χ3n) is 5.62. The van der Waals surface area contributed by atoms with Gasteiger partial charge in [-0.2, -0.15) is 0 Å². The summed E-state index contributed by atoms with van der Waals surface area (Å²) in [7, 11) is 0. The van der Waals surface area contributed by atoms with Crippen molar-refractivity contribution in [1.82, 2.24) is 0 Å². The van der Waals surface area contributed by atoms with Crippen molar-refractivity contribution in [3.63, 3.8) is 0 Å². The lowest BCUT2D eigenvalue weighted by Crippen LogP contribution is -2.14. The largest absolute Gasteiger partial charge is 0.0648 e. The first kappa shape index (κ1) is 17.7. The lowest BCUT2D eigenvalue weighted by molar-refractivity contribution is 0.491. The summed E-state index contributed by atoms with van der Waals surface area (Å²) in [6.45, 7) is 9.41. The fraction of sp³-hybridized carbons (Fsp3) is 0.360. The van der Waals surface area contributed by atoms with E-state index in [9.17, 15) is 0 Å². The molecule has 0 amide bonds. The van der Waals surface area contributed by atoms with Crippen molar-refractivity contribution in [2.24, 2.45) is 5.92 Å². The number of hydrogen-bond donors (Lipinski definition) is 0. The third kappa shape index (κ3) is 3.79. The van der Waals surface area contributed by atoms with Crippen LogP contribution in [0.1, 0.15) is 62.6 Å². The van der Waals surface area contributed by atoms with Crippen LogP contribution < -0.4 is 0 Å². The average Bonchev–Trinajstić information content (AvgIpc) is 2.65. The first-order valence-electron chi connectivity index (χ1n) is 9.67. The minimum atomic E-state index is 0.539. The molecule has 0 aliphatic rings. The maximum Gasteiger partial charge on any atom is -0.00894 e. The molecule has 0 aliphatic heterocycles. The van der Waals surface area contributed by atoms with Crippen molar-refractivity contribution >= 4 is 10.8 Å². The Hall–Kier alpha value is -2.08. The van der Waals surface area contributed by atoms with Gasteiger partial charge < -0.3 is 0 Å². The van der Waals surface area contributed by atoms with E-state index in [4.69, 9.17) is 0 Å². The predicted octanol–water partition coefficient (Wildman–Crippen LogP) is 7.34. The summed E-state index contributed by atoms with van der Waals surface area (Å²) >= 11 is 0. The Bertz CT molecular complexity index is 814. The van der Waals surface area contributed by atoms with Gasteiger partial charge in [-0.05, 0) is 58.1 Å². The summed E-state index contributed by atoms with van der Waals surface area (Å²) < 4.78 is 0. The SMILES string of the molecule is CCC(C)c1ccc2ccccc2c1C(Cc1ccccc1)C(C)C. The van der Waals surface area contributed by atoms with Crippen molar-refractivity contribution < 1.29 is 0 Å². The Balaban J connectivity index is 2.17. The Morgan fingerprint density at radius 1 is 0.760 bits per heavy atom. The monoisotopic (exact) mass is 330 g/mol. The fourth-order valence-corrected chi connectivity index (χ4v) is 3.92. The molecular weight excluding hydrogens is 300 g/mol. The molecule has 0 fully saturated rings. The van der Waals surface area contributed by atoms with Gasteiger partial charge in [0.1, 0.15) is 0 Å². The van der Waals surface area contributed by atoms with E-state index in [1.54, 1.807) is 5.56 Å². The van der Waals surface area contributed by atoms with Gasteiger partial charge in [0.25, 0.3) is 0 Å². The highest BCUT2D eigenvalue weighted by molar-refractivity contribution is 5.87. The minimum Gasteiger partial charge on any atom is -0.0648 e. The van der Waals surface area contributed by atoms with Crippen LogP contribution in [0.25, 0.3) is 10.8 Å². The van der Waals surface area contributed by atoms with E-state index in [2.05, 4.69) is 94.4 Å². The van der Waals surface area contributed by atoms with E-state index in [0.717, 1.165) is 6.42 Å². The molecular formula is C25H30. The molecule has 0 saturated heterocycles. The molecule has 0 N–H and O–H groups in total. The summed E-state index contributed by atoms with van der Waals surface area (Å²) in [6, 6.07) is 24.5. The van der Waals surface area contributed by atoms with Gasteiger partial charge in [-0.25, -0.2) is 0 Å². The Morgan fingerprint density at radius 2 is 1.44 bits per heavy atom. The van der Waals surface area contributed by atoms with E-state index in [1.165, 1.54) is 28.3 Å². The molecule has 0 heteroatoms. The Kier molecular flexibility index (Phi) is 5.58. The van der Waals surface area contributed by atoms with Crippen LogP contribution >= 0.6 is 0 Å². The second kappa shape index (κ2) is 7.87. The molecule has 3 rings (SSSR count). The van der Waals surface area contributed by atoms with Gasteiger partial charge in [0.2, 0.25) is 0 Å². The molecule has 2 unspecified atom stereocenters. The van der Waals surface area contributed by atoms with Crippen LogP contribution in [-0.4, -0.2) is 0 Å². The molecule has 130 valence electrons. The lowest BCUT2D eigenvalue weighted by Gasteiger charge is -2.28. The molecule has 0 heterocycles. The minimum absolute atomic E-state index is 0.539. The highest BCUT2D eigenvalue weighted by Gasteiger charge is 2.23. The van der Waals surface area contributed by atoms with Gasteiger partial charge in [-0.1, -0.05) is 94.4 Å². The van der Waals surface area contributed by atoms with E-state index in [0.29, 0.717) is 17.8 Å². The van der Waals surface area contributed by atoms with Crippen LogP contribution in [0.3, 0.4) is 0 Å². The zero-order chi connectivity index (χ0) is 17.8. The number of benzene rings is 3. The van der Waals surface area contributed by atoms with Crippen LogP contribution in [-0.2, 0) is 6.42 Å². The van der Waals surface area contributed by atoms with Crippen molar-refractivity contribution in [1.29, 1.82) is 0 Å². The molecule has 0 aromatic heterocycles. The van der Waals surface area contributed by atoms with Crippen LogP contribution in [0.4, 0.5) is 0 Å². The molecule has 0 spiro atoms. The molecule has 3 aromatic carbocycles. The van der Waals surface area contributed by atoms with Gasteiger partial charge in [-0.3, -0.25) is 0 Å². The van der Waals surface area contributed by atoms with Gasteiger partial charge >= 0.3 is 0 Å². The zero-order valence-corrected chi connectivity index (χ0v) is 16.0. The first-order valence-corrected chi connectivity index (χ1v) is 9.67. The molecule has 0 bridgehead atoms. The van der Waals surface area contributed by atoms with Crippen molar-refractivity contribution in [2.45, 2.75) is 52.4 Å². The second-order valence-electron chi connectivity index (χ2n) is 7.64. The zero-order valence-electron chi connectivity index (χ0n) is 16.0. The Morgan fingerprint density at radius 3 is 2.12 bits per heavy atom. The van der Waals surface area contributed by atoms with E-state index in [-0.39, 0.29) is 0 Å². The molecule has 25 heavy (non-hydrogen) atoms. The number of rotatable bonds is 6. The Labute approximate surface area is 152 Å². The lowest BCUT2D eigenvalue weighted by atomic mass is 9.76. The number of hydrogen-bond acceptors (Lipinski definition) is 0. The molecule has 0 saturated carbocycles. The highest BCUT2D eigenvalue weighted by atomic mass is 14.3. The summed E-state index contributed by atoms with van der Waals surface area (Å²) in [4.78, 5) is 0. The summed E-state index contributed by atoms with van der Waals surface area (Å²) in [5.41, 5.74) is 4.55. The summed E-state index contributed by atoms with van der Waals surface area (Å²) in [5, 5.41) is 2.80. The topological polar surface area (TPSA) is 0 Å². The number of fused-ring (bicyclic) bond motifs is 1. The van der Waals surface area contributed by atoms with Crippen LogP contribution in [0.2, 0.25) is 0 Å².